The van der Waals surface area contributed by atoms with E-state index < -0.39 is 0 Å². The number of amides is 1. The zero-order valence-corrected chi connectivity index (χ0v) is 10.2. The normalized spacial score (nSPS) is 30.9. The molecule has 1 aliphatic heterocycles. The van der Waals surface area contributed by atoms with Crippen molar-refractivity contribution in [1.29, 1.82) is 0 Å². The van der Waals surface area contributed by atoms with Crippen LogP contribution in [0.25, 0.3) is 0 Å². The van der Waals surface area contributed by atoms with Crippen LogP contribution in [0, 0.1) is 5.92 Å². The Kier molecular flexibility index (Phi) is 2.44. The van der Waals surface area contributed by atoms with E-state index in [0.717, 1.165) is 22.6 Å². The van der Waals surface area contributed by atoms with Crippen LogP contribution >= 0.6 is 15.9 Å². The monoisotopic (exact) mass is 281 g/mol. The molecule has 1 amide bonds. The number of hydrogen-bond acceptors (Lipinski definition) is 3. The van der Waals surface area contributed by atoms with Crippen molar-refractivity contribution in [3.05, 3.63) is 22.9 Å². The molecule has 0 aromatic carbocycles. The largest absolute Gasteiger partial charge is 0.325 e. The van der Waals surface area contributed by atoms with Gasteiger partial charge in [-0.15, -0.1) is 0 Å². The maximum absolute atomic E-state index is 11.9. The number of hydrogen-bond donors (Lipinski definition) is 2. The lowest BCUT2D eigenvalue weighted by atomic mass is 10.1. The molecule has 1 aliphatic carbocycles. The SMILES string of the molecule is O=C(Nc1ccnc(Br)c1)C1CC2CC2N1. The lowest BCUT2D eigenvalue weighted by Gasteiger charge is -2.13. The average Bonchev–Trinajstić information content (AvgIpc) is 2.86. The highest BCUT2D eigenvalue weighted by Crippen LogP contribution is 2.40. The van der Waals surface area contributed by atoms with Crippen molar-refractivity contribution in [2.75, 3.05) is 5.32 Å². The number of carbonyl (C=O) groups excluding carboxylic acids is 1. The number of aromatic nitrogens is 1. The van der Waals surface area contributed by atoms with E-state index in [1.807, 2.05) is 0 Å². The highest BCUT2D eigenvalue weighted by atomic mass is 79.9. The molecule has 1 aromatic rings. The first-order chi connectivity index (χ1) is 7.72. The van der Waals surface area contributed by atoms with Gasteiger partial charge in [0.1, 0.15) is 4.60 Å². The summed E-state index contributed by atoms with van der Waals surface area (Å²) in [4.78, 5) is 15.9. The van der Waals surface area contributed by atoms with Gasteiger partial charge in [0, 0.05) is 17.9 Å². The van der Waals surface area contributed by atoms with Crippen LogP contribution in [0.5, 0.6) is 0 Å². The fourth-order valence-corrected chi connectivity index (χ4v) is 2.60. The lowest BCUT2D eigenvalue weighted by molar-refractivity contribution is -0.118. The van der Waals surface area contributed by atoms with Gasteiger partial charge in [0.05, 0.1) is 6.04 Å². The molecule has 2 aliphatic rings. The van der Waals surface area contributed by atoms with Crippen molar-refractivity contribution in [3.63, 3.8) is 0 Å². The lowest BCUT2D eigenvalue weighted by Crippen LogP contribution is -2.37. The minimum atomic E-state index is -0.0179. The van der Waals surface area contributed by atoms with Crippen LogP contribution in [0.3, 0.4) is 0 Å². The predicted molar refractivity (Wildman–Crippen MR) is 64.0 cm³/mol. The van der Waals surface area contributed by atoms with Gasteiger partial charge in [0.2, 0.25) is 5.91 Å². The molecule has 3 unspecified atom stereocenters. The third kappa shape index (κ3) is 1.97. The second kappa shape index (κ2) is 3.82. The molecule has 3 atom stereocenters. The fraction of sp³-hybridized carbons (Fsp3) is 0.455. The summed E-state index contributed by atoms with van der Waals surface area (Å²) in [6.45, 7) is 0. The third-order valence-corrected chi connectivity index (χ3v) is 3.62. The smallest absolute Gasteiger partial charge is 0.241 e. The maximum atomic E-state index is 11.9. The summed E-state index contributed by atoms with van der Waals surface area (Å²) in [6, 6.07) is 4.17. The molecule has 1 saturated heterocycles. The Balaban J connectivity index is 1.64. The second-order valence-electron chi connectivity index (χ2n) is 4.41. The Hall–Kier alpha value is -0.940. The molecule has 0 spiro atoms. The van der Waals surface area contributed by atoms with Crippen molar-refractivity contribution in [2.24, 2.45) is 5.92 Å². The van der Waals surface area contributed by atoms with Crippen LogP contribution in [0.15, 0.2) is 22.9 Å². The van der Waals surface area contributed by atoms with Gasteiger partial charge in [-0.3, -0.25) is 4.79 Å². The molecule has 2 fully saturated rings. The van der Waals surface area contributed by atoms with Crippen molar-refractivity contribution < 1.29 is 4.79 Å². The number of nitrogens with zero attached hydrogens (tertiary/aromatic N) is 1. The summed E-state index contributed by atoms with van der Waals surface area (Å²) in [7, 11) is 0. The first-order valence-electron chi connectivity index (χ1n) is 5.41. The quantitative estimate of drug-likeness (QED) is 0.809. The minimum Gasteiger partial charge on any atom is -0.325 e. The molecule has 1 saturated carbocycles. The number of carbonyl (C=O) groups is 1. The first-order valence-corrected chi connectivity index (χ1v) is 6.20. The molecule has 0 radical (unpaired) electrons. The van der Waals surface area contributed by atoms with E-state index in [0.29, 0.717) is 6.04 Å². The highest BCUT2D eigenvalue weighted by Gasteiger charge is 2.47. The van der Waals surface area contributed by atoms with E-state index in [1.165, 1.54) is 6.42 Å². The van der Waals surface area contributed by atoms with Gasteiger partial charge in [0.15, 0.2) is 0 Å². The zero-order chi connectivity index (χ0) is 11.1. The molecule has 5 heteroatoms. The third-order valence-electron chi connectivity index (χ3n) is 3.19. The van der Waals surface area contributed by atoms with Crippen LogP contribution < -0.4 is 10.6 Å². The van der Waals surface area contributed by atoms with Crippen LogP contribution in [-0.4, -0.2) is 23.0 Å². The van der Waals surface area contributed by atoms with E-state index in [-0.39, 0.29) is 11.9 Å². The van der Waals surface area contributed by atoms with Crippen molar-refractivity contribution in [1.82, 2.24) is 10.3 Å². The molecule has 0 bridgehead atoms. The van der Waals surface area contributed by atoms with Crippen LogP contribution in [0.4, 0.5) is 5.69 Å². The van der Waals surface area contributed by atoms with E-state index in [9.17, 15) is 4.79 Å². The molecule has 3 rings (SSSR count). The topological polar surface area (TPSA) is 54.0 Å². The summed E-state index contributed by atoms with van der Waals surface area (Å²) in [5.74, 6) is 0.797. The molecule has 1 aromatic heterocycles. The Morgan fingerprint density at radius 2 is 2.44 bits per heavy atom. The zero-order valence-electron chi connectivity index (χ0n) is 8.61. The summed E-state index contributed by atoms with van der Waals surface area (Å²) in [6.07, 6.45) is 3.88. The molecule has 2 heterocycles. The number of halogens is 1. The summed E-state index contributed by atoms with van der Waals surface area (Å²) < 4.78 is 0.729. The Bertz CT molecular complexity index is 427. The number of rotatable bonds is 2. The minimum absolute atomic E-state index is 0.0179. The summed E-state index contributed by atoms with van der Waals surface area (Å²) >= 11 is 3.27. The van der Waals surface area contributed by atoms with E-state index >= 15 is 0 Å². The van der Waals surface area contributed by atoms with Gasteiger partial charge >= 0.3 is 0 Å². The molecular weight excluding hydrogens is 270 g/mol. The number of nitrogens with one attached hydrogen (secondary N) is 2. The van der Waals surface area contributed by atoms with Gasteiger partial charge < -0.3 is 10.6 Å². The van der Waals surface area contributed by atoms with Crippen molar-refractivity contribution in [2.45, 2.75) is 24.9 Å². The highest BCUT2D eigenvalue weighted by molar-refractivity contribution is 9.10. The van der Waals surface area contributed by atoms with Gasteiger partial charge in [-0.1, -0.05) is 0 Å². The average molecular weight is 282 g/mol. The Morgan fingerprint density at radius 3 is 3.12 bits per heavy atom. The number of piperidine rings is 1. The molecule has 84 valence electrons. The fourth-order valence-electron chi connectivity index (χ4n) is 2.23. The Morgan fingerprint density at radius 1 is 1.56 bits per heavy atom. The van der Waals surface area contributed by atoms with E-state index in [4.69, 9.17) is 0 Å². The number of fused-ring (bicyclic) bond motifs is 1. The molecular formula is C11H12BrN3O. The van der Waals surface area contributed by atoms with Crippen molar-refractivity contribution >= 4 is 27.5 Å². The van der Waals surface area contributed by atoms with Crippen LogP contribution in [-0.2, 0) is 4.79 Å². The predicted octanol–water partition coefficient (Wildman–Crippen LogP) is 1.53. The molecule has 16 heavy (non-hydrogen) atoms. The molecule has 2 N–H and O–H groups in total. The van der Waals surface area contributed by atoms with E-state index in [1.54, 1.807) is 18.3 Å². The second-order valence-corrected chi connectivity index (χ2v) is 5.23. The van der Waals surface area contributed by atoms with Crippen molar-refractivity contribution in [3.8, 4) is 0 Å². The van der Waals surface area contributed by atoms with Gasteiger partial charge in [-0.25, -0.2) is 4.98 Å². The Labute approximate surface area is 102 Å². The summed E-state index contributed by atoms with van der Waals surface area (Å²) in [5, 5.41) is 6.22. The maximum Gasteiger partial charge on any atom is 0.241 e. The molecule has 4 nitrogen and oxygen atoms in total. The van der Waals surface area contributed by atoms with Crippen LogP contribution in [0.1, 0.15) is 12.8 Å². The van der Waals surface area contributed by atoms with Gasteiger partial charge in [-0.2, -0.15) is 0 Å². The summed E-state index contributed by atoms with van der Waals surface area (Å²) in [5.41, 5.74) is 0.786. The van der Waals surface area contributed by atoms with Crippen LogP contribution in [0.2, 0.25) is 0 Å². The van der Waals surface area contributed by atoms with Gasteiger partial charge in [-0.05, 0) is 46.8 Å². The van der Waals surface area contributed by atoms with E-state index in [2.05, 4.69) is 31.5 Å². The number of pyridine rings is 1. The standard InChI is InChI=1S/C11H12BrN3O/c12-10-5-7(1-2-13-10)14-11(16)9-4-6-3-8(6)15-9/h1-2,5-6,8-9,15H,3-4H2,(H,13,14,16). The first kappa shape index (κ1) is 10.2. The van der Waals surface area contributed by atoms with Gasteiger partial charge in [0.25, 0.3) is 0 Å². The number of anilines is 1.